The average molecular weight is 206 g/mol. The van der Waals surface area contributed by atoms with Gasteiger partial charge in [-0.1, -0.05) is 0 Å². The third-order valence-corrected chi connectivity index (χ3v) is 2.10. The quantitative estimate of drug-likeness (QED) is 0.655. The lowest BCUT2D eigenvalue weighted by molar-refractivity contribution is -0.149. The highest BCUT2D eigenvalue weighted by Gasteiger charge is 2.28. The monoisotopic (exact) mass is 206 g/mol. The van der Waals surface area contributed by atoms with E-state index < -0.39 is 5.60 Å². The Morgan fingerprint density at radius 2 is 2.27 bits per heavy atom. The molecule has 0 saturated heterocycles. The molecule has 0 aliphatic carbocycles. The van der Waals surface area contributed by atoms with Crippen molar-refractivity contribution in [2.45, 2.75) is 26.4 Å². The fraction of sp³-hybridized carbons (Fsp3) is 0.455. The summed E-state index contributed by atoms with van der Waals surface area (Å²) < 4.78 is 5.26. The third kappa shape index (κ3) is 1.93. The molecule has 2 aliphatic rings. The Balaban J connectivity index is 2.19. The van der Waals surface area contributed by atoms with E-state index in [-0.39, 0.29) is 5.97 Å². The fourth-order valence-corrected chi connectivity index (χ4v) is 1.50. The molecule has 4 heteroatoms. The summed E-state index contributed by atoms with van der Waals surface area (Å²) >= 11 is 0. The smallest absolute Gasteiger partial charge is 0.357 e. The van der Waals surface area contributed by atoms with E-state index >= 15 is 0 Å². The largest absolute Gasteiger partial charge is 0.455 e. The molecule has 0 bridgehead atoms. The van der Waals surface area contributed by atoms with Crippen molar-refractivity contribution in [1.29, 1.82) is 0 Å². The number of nitrogens with one attached hydrogen (secondary N) is 1. The number of rotatable bonds is 1. The summed E-state index contributed by atoms with van der Waals surface area (Å²) in [6, 6.07) is 0. The number of carbonyl (C=O) groups excluding carboxylic acids is 1. The van der Waals surface area contributed by atoms with Gasteiger partial charge in [-0.05, 0) is 20.8 Å². The van der Waals surface area contributed by atoms with Gasteiger partial charge in [0, 0.05) is 30.1 Å². The summed E-state index contributed by atoms with van der Waals surface area (Å²) in [5.41, 5.74) is 1.87. The van der Waals surface area contributed by atoms with Crippen molar-refractivity contribution in [2.75, 3.05) is 6.54 Å². The SMILES string of the molecule is CC(C)(C)OC(=O)C1=C2CNC=C2C=N1. The first-order valence-electron chi connectivity index (χ1n) is 4.92. The zero-order valence-electron chi connectivity index (χ0n) is 9.13. The van der Waals surface area contributed by atoms with Crippen LogP contribution in [0.3, 0.4) is 0 Å². The van der Waals surface area contributed by atoms with Crippen LogP contribution in [0.2, 0.25) is 0 Å². The summed E-state index contributed by atoms with van der Waals surface area (Å²) in [6.07, 6.45) is 3.55. The summed E-state index contributed by atoms with van der Waals surface area (Å²) in [5.74, 6) is -0.346. The van der Waals surface area contributed by atoms with Crippen LogP contribution in [0.5, 0.6) is 0 Å². The zero-order chi connectivity index (χ0) is 11.1. The topological polar surface area (TPSA) is 50.7 Å². The number of esters is 1. The molecule has 4 nitrogen and oxygen atoms in total. The predicted molar refractivity (Wildman–Crippen MR) is 57.4 cm³/mol. The van der Waals surface area contributed by atoms with Gasteiger partial charge in [-0.3, -0.25) is 0 Å². The van der Waals surface area contributed by atoms with Crippen LogP contribution in [0.25, 0.3) is 0 Å². The van der Waals surface area contributed by atoms with Crippen molar-refractivity contribution in [3.05, 3.63) is 23.0 Å². The first-order valence-corrected chi connectivity index (χ1v) is 4.92. The minimum atomic E-state index is -0.474. The Morgan fingerprint density at radius 1 is 1.53 bits per heavy atom. The lowest BCUT2D eigenvalue weighted by Gasteiger charge is -2.19. The van der Waals surface area contributed by atoms with Crippen molar-refractivity contribution in [3.63, 3.8) is 0 Å². The van der Waals surface area contributed by atoms with Gasteiger partial charge in [-0.15, -0.1) is 0 Å². The molecule has 0 aromatic rings. The van der Waals surface area contributed by atoms with E-state index in [4.69, 9.17) is 4.74 Å². The number of hydrogen-bond donors (Lipinski definition) is 1. The number of ether oxygens (including phenoxy) is 1. The van der Waals surface area contributed by atoms with E-state index in [9.17, 15) is 4.79 Å². The van der Waals surface area contributed by atoms with Crippen molar-refractivity contribution in [3.8, 4) is 0 Å². The molecular formula is C11H14N2O2. The van der Waals surface area contributed by atoms with Gasteiger partial charge in [0.25, 0.3) is 0 Å². The molecule has 0 spiro atoms. The number of carbonyl (C=O) groups is 1. The third-order valence-electron chi connectivity index (χ3n) is 2.10. The standard InChI is InChI=1S/C11H14N2O2/c1-11(2,3)15-10(14)9-8-6-12-4-7(8)5-13-9/h4-5,12H,6H2,1-3H3. The Kier molecular flexibility index (Phi) is 2.14. The first kappa shape index (κ1) is 9.96. The molecule has 0 unspecified atom stereocenters. The predicted octanol–water partition coefficient (Wildman–Crippen LogP) is 1.15. The van der Waals surface area contributed by atoms with Gasteiger partial charge in [0.2, 0.25) is 0 Å². The maximum Gasteiger partial charge on any atom is 0.357 e. The molecular weight excluding hydrogens is 192 g/mol. The molecule has 0 aromatic carbocycles. The second-order valence-corrected chi connectivity index (χ2v) is 4.57. The molecule has 2 rings (SSSR count). The van der Waals surface area contributed by atoms with Gasteiger partial charge in [-0.2, -0.15) is 0 Å². The van der Waals surface area contributed by atoms with Crippen molar-refractivity contribution in [1.82, 2.24) is 5.32 Å². The number of fused-ring (bicyclic) bond motifs is 1. The molecule has 2 aliphatic heterocycles. The summed E-state index contributed by atoms with van der Waals surface area (Å²) in [6.45, 7) is 6.19. The van der Waals surface area contributed by atoms with Gasteiger partial charge >= 0.3 is 5.97 Å². The van der Waals surface area contributed by atoms with Gasteiger partial charge in [0.15, 0.2) is 5.70 Å². The van der Waals surface area contributed by atoms with E-state index in [1.165, 1.54) is 0 Å². The molecule has 0 fully saturated rings. The molecule has 0 saturated carbocycles. The van der Waals surface area contributed by atoms with Crippen molar-refractivity contribution < 1.29 is 9.53 Å². The van der Waals surface area contributed by atoms with E-state index in [2.05, 4.69) is 10.3 Å². The second kappa shape index (κ2) is 3.22. The molecule has 2 heterocycles. The van der Waals surface area contributed by atoms with Crippen LogP contribution in [-0.2, 0) is 9.53 Å². The minimum Gasteiger partial charge on any atom is -0.455 e. The Labute approximate surface area is 88.7 Å². The van der Waals surface area contributed by atoms with Crippen molar-refractivity contribution in [2.24, 2.45) is 4.99 Å². The molecule has 0 radical (unpaired) electrons. The van der Waals surface area contributed by atoms with Crippen LogP contribution in [0.15, 0.2) is 28.0 Å². The Morgan fingerprint density at radius 3 is 2.93 bits per heavy atom. The maximum atomic E-state index is 11.8. The van der Waals surface area contributed by atoms with Crippen LogP contribution in [0.1, 0.15) is 20.8 Å². The highest BCUT2D eigenvalue weighted by molar-refractivity contribution is 6.02. The molecule has 0 aromatic heterocycles. The van der Waals surface area contributed by atoms with Crippen molar-refractivity contribution >= 4 is 12.2 Å². The van der Waals surface area contributed by atoms with Crippen LogP contribution >= 0.6 is 0 Å². The van der Waals surface area contributed by atoms with Crippen LogP contribution in [0, 0.1) is 0 Å². The number of hydrogen-bond acceptors (Lipinski definition) is 4. The second-order valence-electron chi connectivity index (χ2n) is 4.57. The van der Waals surface area contributed by atoms with Crippen LogP contribution < -0.4 is 5.32 Å². The molecule has 0 amide bonds. The van der Waals surface area contributed by atoms with E-state index in [1.54, 1.807) is 6.21 Å². The van der Waals surface area contributed by atoms with E-state index in [0.29, 0.717) is 12.2 Å². The highest BCUT2D eigenvalue weighted by Crippen LogP contribution is 2.25. The number of nitrogens with zero attached hydrogens (tertiary/aromatic N) is 1. The van der Waals surface area contributed by atoms with Crippen LogP contribution in [0.4, 0.5) is 0 Å². The molecule has 15 heavy (non-hydrogen) atoms. The Bertz CT molecular complexity index is 397. The van der Waals surface area contributed by atoms with Crippen LogP contribution in [-0.4, -0.2) is 24.3 Å². The zero-order valence-corrected chi connectivity index (χ0v) is 9.13. The van der Waals surface area contributed by atoms with E-state index in [0.717, 1.165) is 11.1 Å². The number of aliphatic imine (C=N–C) groups is 1. The lowest BCUT2D eigenvalue weighted by Crippen LogP contribution is -2.25. The lowest BCUT2D eigenvalue weighted by atomic mass is 10.1. The van der Waals surface area contributed by atoms with Gasteiger partial charge in [-0.25, -0.2) is 9.79 Å². The molecule has 80 valence electrons. The summed E-state index contributed by atoms with van der Waals surface area (Å²) in [7, 11) is 0. The van der Waals surface area contributed by atoms with E-state index in [1.807, 2.05) is 27.0 Å². The summed E-state index contributed by atoms with van der Waals surface area (Å²) in [5, 5.41) is 3.05. The summed E-state index contributed by atoms with van der Waals surface area (Å²) in [4.78, 5) is 15.8. The minimum absolute atomic E-state index is 0.346. The maximum absolute atomic E-state index is 11.8. The van der Waals surface area contributed by atoms with Gasteiger partial charge in [0.05, 0.1) is 0 Å². The van der Waals surface area contributed by atoms with Gasteiger partial charge in [0.1, 0.15) is 5.60 Å². The van der Waals surface area contributed by atoms with Gasteiger partial charge < -0.3 is 10.1 Å². The Hall–Kier alpha value is -1.58. The first-order chi connectivity index (χ1) is 6.97. The average Bonchev–Trinajstić information content (AvgIpc) is 2.57. The fourth-order valence-electron chi connectivity index (χ4n) is 1.50. The normalized spacial score (nSPS) is 18.7. The molecule has 1 N–H and O–H groups in total. The highest BCUT2D eigenvalue weighted by atomic mass is 16.6. The molecule has 0 atom stereocenters.